The first-order chi connectivity index (χ1) is 8.00. The zero-order valence-corrected chi connectivity index (χ0v) is 9.43. The molecule has 6 heteroatoms. The number of rotatable bonds is 2. The minimum atomic E-state index is -0.446. The molecule has 2 aromatic rings. The first-order valence-electron chi connectivity index (χ1n) is 4.98. The van der Waals surface area contributed by atoms with Gasteiger partial charge in [-0.1, -0.05) is 11.2 Å². The van der Waals surface area contributed by atoms with E-state index in [1.54, 1.807) is 13.0 Å². The van der Waals surface area contributed by atoms with Gasteiger partial charge in [-0.05, 0) is 19.4 Å². The van der Waals surface area contributed by atoms with E-state index in [0.717, 1.165) is 5.56 Å². The molecular formula is C11H11N3O3. The molecule has 0 unspecified atom stereocenters. The first kappa shape index (κ1) is 11.1. The molecule has 1 heterocycles. The van der Waals surface area contributed by atoms with Gasteiger partial charge in [0.15, 0.2) is 11.6 Å². The number of hydrogen-bond acceptors (Lipinski definition) is 5. The number of nitrogens with two attached hydrogens (primary N) is 1. The number of benzene rings is 1. The Balaban J connectivity index is 2.62. The third kappa shape index (κ3) is 1.84. The van der Waals surface area contributed by atoms with E-state index in [4.69, 9.17) is 10.3 Å². The Morgan fingerprint density at radius 2 is 2.12 bits per heavy atom. The molecule has 0 saturated heterocycles. The molecular weight excluding hydrogens is 222 g/mol. The van der Waals surface area contributed by atoms with Crippen LogP contribution in [-0.4, -0.2) is 10.1 Å². The second kappa shape index (κ2) is 3.89. The number of hydrogen-bond donors (Lipinski definition) is 1. The number of nitro benzene ring substituents is 1. The minimum Gasteiger partial charge on any atom is -0.381 e. The van der Waals surface area contributed by atoms with Gasteiger partial charge in [0.25, 0.3) is 5.69 Å². The van der Waals surface area contributed by atoms with Crippen LogP contribution in [0.15, 0.2) is 22.7 Å². The molecule has 0 spiro atoms. The Morgan fingerprint density at radius 3 is 2.65 bits per heavy atom. The van der Waals surface area contributed by atoms with Crippen LogP contribution in [0.1, 0.15) is 11.1 Å². The van der Waals surface area contributed by atoms with Gasteiger partial charge in [-0.3, -0.25) is 10.1 Å². The summed E-state index contributed by atoms with van der Waals surface area (Å²) >= 11 is 0. The predicted molar refractivity (Wildman–Crippen MR) is 62.5 cm³/mol. The van der Waals surface area contributed by atoms with E-state index in [0.29, 0.717) is 22.7 Å². The number of non-ortho nitro benzene ring substituents is 1. The van der Waals surface area contributed by atoms with E-state index in [2.05, 4.69) is 5.16 Å². The molecule has 1 aromatic carbocycles. The van der Waals surface area contributed by atoms with Crippen molar-refractivity contribution >= 4 is 11.5 Å². The SMILES string of the molecule is Cc1ccc([N+](=O)[O-])cc1-c1onc(N)c1C. The van der Waals surface area contributed by atoms with Crippen molar-refractivity contribution in [3.05, 3.63) is 39.4 Å². The quantitative estimate of drug-likeness (QED) is 0.634. The number of nitro groups is 1. The smallest absolute Gasteiger partial charge is 0.270 e. The van der Waals surface area contributed by atoms with Crippen molar-refractivity contribution < 1.29 is 9.45 Å². The van der Waals surface area contributed by atoms with Gasteiger partial charge in [0, 0.05) is 23.3 Å². The Labute approximate surface area is 97.2 Å². The van der Waals surface area contributed by atoms with Crippen molar-refractivity contribution in [3.63, 3.8) is 0 Å². The molecule has 2 N–H and O–H groups in total. The number of aromatic nitrogens is 1. The summed E-state index contributed by atoms with van der Waals surface area (Å²) in [7, 11) is 0. The summed E-state index contributed by atoms with van der Waals surface area (Å²) in [5.74, 6) is 0.773. The van der Waals surface area contributed by atoms with Crippen LogP contribution in [0.25, 0.3) is 11.3 Å². The van der Waals surface area contributed by atoms with Gasteiger partial charge in [-0.15, -0.1) is 0 Å². The Bertz CT molecular complexity index is 590. The normalized spacial score (nSPS) is 10.5. The van der Waals surface area contributed by atoms with E-state index in [1.165, 1.54) is 12.1 Å². The second-order valence-electron chi connectivity index (χ2n) is 3.78. The van der Waals surface area contributed by atoms with Crippen molar-refractivity contribution in [1.29, 1.82) is 0 Å². The molecule has 0 saturated carbocycles. The van der Waals surface area contributed by atoms with Crippen LogP contribution in [-0.2, 0) is 0 Å². The Kier molecular flexibility index (Phi) is 2.55. The van der Waals surface area contributed by atoms with Crippen molar-refractivity contribution in [2.75, 3.05) is 5.73 Å². The molecule has 0 atom stereocenters. The van der Waals surface area contributed by atoms with Crippen LogP contribution in [0, 0.1) is 24.0 Å². The van der Waals surface area contributed by atoms with Crippen LogP contribution in [0.5, 0.6) is 0 Å². The Hall–Kier alpha value is -2.37. The number of nitrogen functional groups attached to an aromatic ring is 1. The fourth-order valence-electron chi connectivity index (χ4n) is 1.57. The molecule has 6 nitrogen and oxygen atoms in total. The maximum absolute atomic E-state index is 10.7. The molecule has 0 aliphatic rings. The van der Waals surface area contributed by atoms with Gasteiger partial charge in [-0.2, -0.15) is 0 Å². The lowest BCUT2D eigenvalue weighted by Gasteiger charge is -2.02. The lowest BCUT2D eigenvalue weighted by molar-refractivity contribution is -0.384. The molecule has 17 heavy (non-hydrogen) atoms. The largest absolute Gasteiger partial charge is 0.381 e. The van der Waals surface area contributed by atoms with Crippen molar-refractivity contribution in [1.82, 2.24) is 5.16 Å². The maximum Gasteiger partial charge on any atom is 0.270 e. The van der Waals surface area contributed by atoms with E-state index < -0.39 is 4.92 Å². The summed E-state index contributed by atoms with van der Waals surface area (Å²) in [5.41, 5.74) is 7.80. The average molecular weight is 233 g/mol. The highest BCUT2D eigenvalue weighted by Crippen LogP contribution is 2.31. The highest BCUT2D eigenvalue weighted by molar-refractivity contribution is 5.70. The first-order valence-corrected chi connectivity index (χ1v) is 4.98. The summed E-state index contributed by atoms with van der Waals surface area (Å²) in [5, 5.41) is 14.4. The van der Waals surface area contributed by atoms with Gasteiger partial charge in [0.1, 0.15) is 0 Å². The molecule has 0 aliphatic carbocycles. The molecule has 0 amide bonds. The average Bonchev–Trinajstić information content (AvgIpc) is 2.60. The monoisotopic (exact) mass is 233 g/mol. The topological polar surface area (TPSA) is 95.2 Å². The minimum absolute atomic E-state index is 0.0139. The highest BCUT2D eigenvalue weighted by Gasteiger charge is 2.17. The molecule has 0 fully saturated rings. The van der Waals surface area contributed by atoms with E-state index >= 15 is 0 Å². The zero-order chi connectivity index (χ0) is 12.6. The van der Waals surface area contributed by atoms with Crippen LogP contribution in [0.2, 0.25) is 0 Å². The third-order valence-electron chi connectivity index (χ3n) is 2.64. The summed E-state index contributed by atoms with van der Waals surface area (Å²) in [4.78, 5) is 10.3. The highest BCUT2D eigenvalue weighted by atomic mass is 16.6. The predicted octanol–water partition coefficient (Wildman–Crippen LogP) is 2.45. The van der Waals surface area contributed by atoms with E-state index in [1.807, 2.05) is 6.92 Å². The standard InChI is InChI=1S/C11H11N3O3/c1-6-3-4-8(14(15)16)5-9(6)10-7(2)11(12)13-17-10/h3-5H,1-2H3,(H2,12,13). The Morgan fingerprint density at radius 1 is 1.41 bits per heavy atom. The van der Waals surface area contributed by atoms with Crippen molar-refractivity contribution in [2.24, 2.45) is 0 Å². The number of aryl methyl sites for hydroxylation is 1. The molecule has 2 rings (SSSR count). The molecule has 0 radical (unpaired) electrons. The van der Waals surface area contributed by atoms with Gasteiger partial charge in [0.2, 0.25) is 0 Å². The summed E-state index contributed by atoms with van der Waals surface area (Å²) in [6.07, 6.45) is 0. The number of anilines is 1. The maximum atomic E-state index is 10.7. The summed E-state index contributed by atoms with van der Waals surface area (Å²) in [6.45, 7) is 3.61. The molecule has 1 aromatic heterocycles. The van der Waals surface area contributed by atoms with Gasteiger partial charge in [-0.25, -0.2) is 0 Å². The fraction of sp³-hybridized carbons (Fsp3) is 0.182. The van der Waals surface area contributed by atoms with Gasteiger partial charge < -0.3 is 10.3 Å². The van der Waals surface area contributed by atoms with Gasteiger partial charge in [0.05, 0.1) is 4.92 Å². The lowest BCUT2D eigenvalue weighted by atomic mass is 10.0. The molecule has 0 aliphatic heterocycles. The second-order valence-corrected chi connectivity index (χ2v) is 3.78. The third-order valence-corrected chi connectivity index (χ3v) is 2.64. The molecule has 88 valence electrons. The van der Waals surface area contributed by atoms with Crippen LogP contribution in [0.3, 0.4) is 0 Å². The van der Waals surface area contributed by atoms with Crippen LogP contribution in [0.4, 0.5) is 11.5 Å². The van der Waals surface area contributed by atoms with E-state index in [-0.39, 0.29) is 5.69 Å². The van der Waals surface area contributed by atoms with Gasteiger partial charge >= 0.3 is 0 Å². The van der Waals surface area contributed by atoms with Crippen molar-refractivity contribution in [3.8, 4) is 11.3 Å². The van der Waals surface area contributed by atoms with Crippen molar-refractivity contribution in [2.45, 2.75) is 13.8 Å². The molecule has 0 bridgehead atoms. The van der Waals surface area contributed by atoms with E-state index in [9.17, 15) is 10.1 Å². The fourth-order valence-corrected chi connectivity index (χ4v) is 1.57. The van der Waals surface area contributed by atoms with Crippen LogP contribution >= 0.6 is 0 Å². The number of nitrogens with zero attached hydrogens (tertiary/aromatic N) is 2. The van der Waals surface area contributed by atoms with Crippen LogP contribution < -0.4 is 5.73 Å². The summed E-state index contributed by atoms with van der Waals surface area (Å²) < 4.78 is 5.10. The lowest BCUT2D eigenvalue weighted by Crippen LogP contribution is -1.91. The zero-order valence-electron chi connectivity index (χ0n) is 9.43. The summed E-state index contributed by atoms with van der Waals surface area (Å²) in [6, 6.07) is 4.59.